The maximum Gasteiger partial charge on any atom is 0.307 e. The average molecular weight is 415 g/mol. The van der Waals surface area contributed by atoms with Crippen LogP contribution in [0.15, 0.2) is 24.3 Å². The van der Waals surface area contributed by atoms with Gasteiger partial charge in [0.05, 0.1) is 19.6 Å². The maximum atomic E-state index is 12.9. The molecule has 5 nitrogen and oxygen atoms in total. The number of halogens is 2. The van der Waals surface area contributed by atoms with Gasteiger partial charge in [-0.3, -0.25) is 9.59 Å². The number of benzene rings is 1. The van der Waals surface area contributed by atoms with Crippen LogP contribution in [0.4, 0.5) is 0 Å². The van der Waals surface area contributed by atoms with E-state index in [9.17, 15) is 9.59 Å². The van der Waals surface area contributed by atoms with Crippen molar-refractivity contribution < 1.29 is 14.3 Å². The molecule has 0 saturated heterocycles. The van der Waals surface area contributed by atoms with Crippen molar-refractivity contribution in [2.24, 2.45) is 23.5 Å². The SMILES string of the molecule is COC(=O)C[C@H](NC(=O)C1CC2CCCC(C1)C2N)c1ccc(Cl)cc1.Cl. The van der Waals surface area contributed by atoms with Gasteiger partial charge in [0.2, 0.25) is 5.91 Å². The van der Waals surface area contributed by atoms with Crippen LogP contribution in [0.1, 0.15) is 50.1 Å². The van der Waals surface area contributed by atoms with Crippen LogP contribution >= 0.6 is 24.0 Å². The summed E-state index contributed by atoms with van der Waals surface area (Å²) in [6.07, 6.45) is 5.23. The summed E-state index contributed by atoms with van der Waals surface area (Å²) in [5, 5.41) is 3.68. The highest BCUT2D eigenvalue weighted by atomic mass is 35.5. The molecule has 0 radical (unpaired) electrons. The fourth-order valence-electron chi connectivity index (χ4n) is 4.49. The van der Waals surface area contributed by atoms with Crippen molar-refractivity contribution >= 4 is 35.9 Å². The van der Waals surface area contributed by atoms with Crippen LogP contribution in [0, 0.1) is 17.8 Å². The van der Waals surface area contributed by atoms with E-state index in [1.807, 2.05) is 12.1 Å². The normalized spacial score (nSPS) is 27.8. The van der Waals surface area contributed by atoms with Crippen molar-refractivity contribution in [2.75, 3.05) is 7.11 Å². The fourth-order valence-corrected chi connectivity index (χ4v) is 4.62. The van der Waals surface area contributed by atoms with Crippen LogP contribution < -0.4 is 11.1 Å². The second-order valence-corrected chi connectivity index (χ2v) is 8.03. The van der Waals surface area contributed by atoms with Crippen molar-refractivity contribution in [1.82, 2.24) is 5.32 Å². The average Bonchev–Trinajstić information content (AvgIpc) is 2.61. The minimum atomic E-state index is -0.414. The summed E-state index contributed by atoms with van der Waals surface area (Å²) in [4.78, 5) is 24.7. The molecule has 1 amide bonds. The first-order chi connectivity index (χ1) is 12.5. The first kappa shape index (κ1) is 22.0. The van der Waals surface area contributed by atoms with E-state index in [4.69, 9.17) is 22.1 Å². The molecule has 2 unspecified atom stereocenters. The Morgan fingerprint density at radius 3 is 2.37 bits per heavy atom. The summed E-state index contributed by atoms with van der Waals surface area (Å²) in [6, 6.07) is 7.01. The van der Waals surface area contributed by atoms with Gasteiger partial charge < -0.3 is 15.8 Å². The third-order valence-corrected chi connectivity index (χ3v) is 6.22. The highest BCUT2D eigenvalue weighted by Gasteiger charge is 2.40. The highest BCUT2D eigenvalue weighted by Crippen LogP contribution is 2.42. The number of hydrogen-bond donors (Lipinski definition) is 2. The van der Waals surface area contributed by atoms with Crippen molar-refractivity contribution in [3.63, 3.8) is 0 Å². The first-order valence-electron chi connectivity index (χ1n) is 9.36. The second kappa shape index (κ2) is 9.76. The minimum absolute atomic E-state index is 0. The number of carbonyl (C=O) groups excluding carboxylic acids is 2. The van der Waals surface area contributed by atoms with Crippen LogP contribution in [0.25, 0.3) is 0 Å². The van der Waals surface area contributed by atoms with E-state index in [1.165, 1.54) is 13.5 Å². The zero-order valence-corrected chi connectivity index (χ0v) is 17.1. The molecule has 2 aliphatic carbocycles. The number of amides is 1. The first-order valence-corrected chi connectivity index (χ1v) is 9.74. The quantitative estimate of drug-likeness (QED) is 0.720. The lowest BCUT2D eigenvalue weighted by Crippen LogP contribution is -2.49. The van der Waals surface area contributed by atoms with Crippen molar-refractivity contribution in [2.45, 2.75) is 50.6 Å². The number of ether oxygens (including phenoxy) is 1. The molecular formula is C20H28Cl2N2O3. The summed E-state index contributed by atoms with van der Waals surface area (Å²) >= 11 is 5.95. The number of carbonyl (C=O) groups is 2. The predicted octanol–water partition coefficient (Wildman–Crippen LogP) is 3.64. The number of nitrogens with one attached hydrogen (secondary N) is 1. The molecule has 3 N–H and O–H groups in total. The Labute approximate surface area is 171 Å². The van der Waals surface area contributed by atoms with Crippen molar-refractivity contribution in [3.05, 3.63) is 34.9 Å². The molecule has 150 valence electrons. The molecular weight excluding hydrogens is 387 g/mol. The predicted molar refractivity (Wildman–Crippen MR) is 108 cm³/mol. The minimum Gasteiger partial charge on any atom is -0.469 e. The summed E-state index contributed by atoms with van der Waals surface area (Å²) in [6.45, 7) is 0. The van der Waals surface area contributed by atoms with E-state index >= 15 is 0 Å². The Morgan fingerprint density at radius 2 is 1.81 bits per heavy atom. The second-order valence-electron chi connectivity index (χ2n) is 7.59. The molecule has 2 aliphatic rings. The maximum absolute atomic E-state index is 12.9. The van der Waals surface area contributed by atoms with E-state index in [2.05, 4.69) is 5.32 Å². The fraction of sp³-hybridized carbons (Fsp3) is 0.600. The van der Waals surface area contributed by atoms with E-state index in [0.717, 1.165) is 31.2 Å². The van der Waals surface area contributed by atoms with Crippen LogP contribution in [-0.2, 0) is 14.3 Å². The van der Waals surface area contributed by atoms with Gasteiger partial charge in [-0.2, -0.15) is 0 Å². The molecule has 3 atom stereocenters. The Balaban J connectivity index is 0.00000261. The third kappa shape index (κ3) is 5.37. The van der Waals surface area contributed by atoms with Gasteiger partial charge in [0.25, 0.3) is 0 Å². The lowest BCUT2D eigenvalue weighted by atomic mass is 9.65. The van der Waals surface area contributed by atoms with Crippen molar-refractivity contribution in [3.8, 4) is 0 Å². The lowest BCUT2D eigenvalue weighted by molar-refractivity contribution is -0.141. The summed E-state index contributed by atoms with van der Waals surface area (Å²) in [5.41, 5.74) is 7.18. The highest BCUT2D eigenvalue weighted by molar-refractivity contribution is 6.30. The van der Waals surface area contributed by atoms with Gasteiger partial charge in [0, 0.05) is 17.0 Å². The molecule has 2 fully saturated rings. The van der Waals surface area contributed by atoms with Gasteiger partial charge in [0.15, 0.2) is 0 Å². The Bertz CT molecular complexity index is 639. The molecule has 1 aromatic carbocycles. The van der Waals surface area contributed by atoms with Crippen LogP contribution in [-0.4, -0.2) is 25.0 Å². The number of nitrogens with two attached hydrogens (primary N) is 1. The number of methoxy groups -OCH3 is 1. The Hall–Kier alpha value is -1.30. The number of fused-ring (bicyclic) bond motifs is 2. The molecule has 7 heteroatoms. The van der Waals surface area contributed by atoms with Gasteiger partial charge in [-0.05, 0) is 55.2 Å². The van der Waals surface area contributed by atoms with Gasteiger partial charge in [-0.25, -0.2) is 0 Å². The zero-order valence-electron chi connectivity index (χ0n) is 15.5. The van der Waals surface area contributed by atoms with E-state index in [-0.39, 0.29) is 42.7 Å². The molecule has 2 saturated carbocycles. The molecule has 0 aromatic heterocycles. The van der Waals surface area contributed by atoms with Gasteiger partial charge >= 0.3 is 5.97 Å². The van der Waals surface area contributed by atoms with Crippen LogP contribution in [0.3, 0.4) is 0 Å². The molecule has 0 spiro atoms. The molecule has 0 aliphatic heterocycles. The van der Waals surface area contributed by atoms with Gasteiger partial charge in [-0.15, -0.1) is 12.4 Å². The summed E-state index contributed by atoms with van der Waals surface area (Å²) in [5.74, 6) is 0.503. The zero-order chi connectivity index (χ0) is 18.7. The molecule has 2 bridgehead atoms. The summed E-state index contributed by atoms with van der Waals surface area (Å²) < 4.78 is 4.79. The Morgan fingerprint density at radius 1 is 1.22 bits per heavy atom. The number of hydrogen-bond acceptors (Lipinski definition) is 4. The van der Waals surface area contributed by atoms with Crippen molar-refractivity contribution in [1.29, 1.82) is 0 Å². The molecule has 0 heterocycles. The Kier molecular flexibility index (Phi) is 7.95. The lowest BCUT2D eigenvalue weighted by Gasteiger charge is -2.43. The third-order valence-electron chi connectivity index (χ3n) is 5.97. The van der Waals surface area contributed by atoms with Crippen LogP contribution in [0.2, 0.25) is 5.02 Å². The van der Waals surface area contributed by atoms with E-state index in [0.29, 0.717) is 16.9 Å². The van der Waals surface area contributed by atoms with Crippen LogP contribution in [0.5, 0.6) is 0 Å². The van der Waals surface area contributed by atoms with E-state index < -0.39 is 6.04 Å². The molecule has 27 heavy (non-hydrogen) atoms. The summed E-state index contributed by atoms with van der Waals surface area (Å²) in [7, 11) is 1.35. The number of esters is 1. The monoisotopic (exact) mass is 414 g/mol. The molecule has 3 rings (SSSR count). The largest absolute Gasteiger partial charge is 0.469 e. The smallest absolute Gasteiger partial charge is 0.307 e. The molecule has 1 aromatic rings. The number of rotatable bonds is 5. The van der Waals surface area contributed by atoms with Gasteiger partial charge in [-0.1, -0.05) is 30.2 Å². The van der Waals surface area contributed by atoms with Gasteiger partial charge in [0.1, 0.15) is 0 Å². The standard InChI is InChI=1S/C20H27ClN2O3.ClH/c1-26-18(24)11-17(12-5-7-16(21)8-6-12)23-20(25)15-9-13-3-2-4-14(10-15)19(13)22;/h5-8,13-15,17,19H,2-4,9-11,22H2,1H3,(H,23,25);1H/t13?,14?,15?,17-,19?;/m0./s1. The topological polar surface area (TPSA) is 81.4 Å². The van der Waals surface area contributed by atoms with E-state index in [1.54, 1.807) is 12.1 Å².